The van der Waals surface area contributed by atoms with E-state index >= 15 is 0 Å². The molecule has 2 heteroatoms. The van der Waals surface area contributed by atoms with E-state index in [-0.39, 0.29) is 18.3 Å². The highest BCUT2D eigenvalue weighted by Crippen LogP contribution is 2.31. The number of rotatable bonds is 3. The average Bonchev–Trinajstić information content (AvgIpc) is 2.51. The maximum atomic E-state index is 4.12. The number of pyridine rings is 1. The van der Waals surface area contributed by atoms with Gasteiger partial charge in [-0.1, -0.05) is 60.7 Å². The first-order valence-corrected chi connectivity index (χ1v) is 6.45. The normalized spacial score (nSPS) is 10.1. The van der Waals surface area contributed by atoms with Crippen molar-refractivity contribution < 1.29 is 0 Å². The minimum Gasteiger partial charge on any atom is -0.265 e. The topological polar surface area (TPSA) is 12.9 Å². The third kappa shape index (κ3) is 3.06. The van der Waals surface area contributed by atoms with E-state index < -0.39 is 0 Å². The van der Waals surface area contributed by atoms with Gasteiger partial charge in [-0.25, -0.2) is 0 Å². The molecule has 1 nitrogen and oxygen atoms in total. The van der Waals surface area contributed by atoms with Gasteiger partial charge in [0, 0.05) is 18.3 Å². The summed E-state index contributed by atoms with van der Waals surface area (Å²) in [5.41, 5.74) is 3.88. The van der Waals surface area contributed by atoms with Crippen LogP contribution < -0.4 is 0 Å². The van der Waals surface area contributed by atoms with E-state index in [1.165, 1.54) is 16.7 Å². The van der Waals surface area contributed by atoms with Crippen molar-refractivity contribution in [1.29, 1.82) is 0 Å². The first-order valence-electron chi connectivity index (χ1n) is 6.45. The van der Waals surface area contributed by atoms with Crippen molar-refractivity contribution in [2.45, 2.75) is 5.92 Å². The first-order chi connectivity index (χ1) is 9.45. The van der Waals surface area contributed by atoms with E-state index in [2.05, 4.69) is 77.8 Å². The zero-order valence-electron chi connectivity index (χ0n) is 11.0. The van der Waals surface area contributed by atoms with E-state index in [4.69, 9.17) is 0 Å². The summed E-state index contributed by atoms with van der Waals surface area (Å²) in [5.74, 6) is 0.269. The molecule has 0 bridgehead atoms. The molecule has 0 aliphatic carbocycles. The fourth-order valence-electron chi connectivity index (χ4n) is 2.42. The summed E-state index contributed by atoms with van der Waals surface area (Å²) in [6, 6.07) is 25.4. The van der Waals surface area contributed by atoms with Crippen LogP contribution in [0, 0.1) is 0 Å². The predicted octanol–water partition coefficient (Wildman–Crippen LogP) is 4.68. The Kier molecular flexibility index (Phi) is 4.91. The molecule has 0 amide bonds. The van der Waals surface area contributed by atoms with Gasteiger partial charge >= 0.3 is 0 Å². The van der Waals surface area contributed by atoms with E-state index in [1.807, 2.05) is 12.4 Å². The molecule has 3 aromatic rings. The van der Waals surface area contributed by atoms with Crippen LogP contribution in [0.25, 0.3) is 0 Å². The SMILES string of the molecule is Cl.c1ccc(C(c2ccccc2)c2ccncc2)cc1. The molecule has 0 aliphatic heterocycles. The summed E-state index contributed by atoms with van der Waals surface area (Å²) in [7, 11) is 0. The molecule has 0 aliphatic rings. The van der Waals surface area contributed by atoms with Crippen LogP contribution >= 0.6 is 12.4 Å². The third-order valence-electron chi connectivity index (χ3n) is 3.31. The quantitative estimate of drug-likeness (QED) is 0.679. The fraction of sp³-hybridized carbons (Fsp3) is 0.0556. The molecule has 3 rings (SSSR count). The van der Waals surface area contributed by atoms with Gasteiger partial charge in [0.1, 0.15) is 0 Å². The predicted molar refractivity (Wildman–Crippen MR) is 85.3 cm³/mol. The lowest BCUT2D eigenvalue weighted by Gasteiger charge is -2.18. The van der Waals surface area contributed by atoms with Crippen molar-refractivity contribution in [3.63, 3.8) is 0 Å². The van der Waals surface area contributed by atoms with Crippen LogP contribution in [-0.4, -0.2) is 4.98 Å². The van der Waals surface area contributed by atoms with Crippen LogP contribution in [0.3, 0.4) is 0 Å². The molecule has 1 aromatic heterocycles. The van der Waals surface area contributed by atoms with Gasteiger partial charge in [-0.2, -0.15) is 0 Å². The molecule has 0 fully saturated rings. The Balaban J connectivity index is 0.00000147. The Labute approximate surface area is 125 Å². The molecule has 2 aromatic carbocycles. The second-order valence-corrected chi connectivity index (χ2v) is 4.53. The van der Waals surface area contributed by atoms with Crippen LogP contribution in [0.15, 0.2) is 85.2 Å². The highest BCUT2D eigenvalue weighted by Gasteiger charge is 2.15. The van der Waals surface area contributed by atoms with Crippen LogP contribution in [-0.2, 0) is 0 Å². The number of halogens is 1. The monoisotopic (exact) mass is 281 g/mol. The highest BCUT2D eigenvalue weighted by molar-refractivity contribution is 5.85. The molecule has 0 atom stereocenters. The summed E-state index contributed by atoms with van der Waals surface area (Å²) in [6.45, 7) is 0. The molecule has 0 saturated heterocycles. The molecule has 0 saturated carbocycles. The Morgan fingerprint density at radius 3 is 1.40 bits per heavy atom. The van der Waals surface area contributed by atoms with Gasteiger partial charge in [-0.15, -0.1) is 12.4 Å². The van der Waals surface area contributed by atoms with Gasteiger partial charge in [0.05, 0.1) is 0 Å². The summed E-state index contributed by atoms with van der Waals surface area (Å²) >= 11 is 0. The van der Waals surface area contributed by atoms with E-state index in [0.29, 0.717) is 0 Å². The van der Waals surface area contributed by atoms with Crippen molar-refractivity contribution in [2.24, 2.45) is 0 Å². The zero-order valence-corrected chi connectivity index (χ0v) is 11.8. The van der Waals surface area contributed by atoms with Crippen LogP contribution in [0.5, 0.6) is 0 Å². The summed E-state index contributed by atoms with van der Waals surface area (Å²) < 4.78 is 0. The zero-order chi connectivity index (χ0) is 12.9. The third-order valence-corrected chi connectivity index (χ3v) is 3.31. The second kappa shape index (κ2) is 6.88. The maximum absolute atomic E-state index is 4.12. The Hall–Kier alpha value is -2.12. The number of hydrogen-bond acceptors (Lipinski definition) is 1. The summed E-state index contributed by atoms with van der Waals surface area (Å²) in [5, 5.41) is 0. The molecule has 1 heterocycles. The van der Waals surface area contributed by atoms with Gasteiger partial charge in [0.25, 0.3) is 0 Å². The first kappa shape index (κ1) is 14.3. The van der Waals surface area contributed by atoms with Crippen LogP contribution in [0.4, 0.5) is 0 Å². The Morgan fingerprint density at radius 2 is 0.950 bits per heavy atom. The standard InChI is InChI=1S/C18H15N.ClH/c1-3-7-15(8-4-1)18(16-9-5-2-6-10-16)17-11-13-19-14-12-17;/h1-14,18H;1H. The molecule has 0 unspecified atom stereocenters. The summed E-state index contributed by atoms with van der Waals surface area (Å²) in [4.78, 5) is 4.12. The molecular weight excluding hydrogens is 266 g/mol. The lowest BCUT2D eigenvalue weighted by Crippen LogP contribution is -2.03. The molecule has 0 N–H and O–H groups in total. The fourth-order valence-corrected chi connectivity index (χ4v) is 2.42. The van der Waals surface area contributed by atoms with Gasteiger partial charge in [0.15, 0.2) is 0 Å². The van der Waals surface area contributed by atoms with Crippen molar-refractivity contribution in [3.8, 4) is 0 Å². The lowest BCUT2D eigenvalue weighted by molar-refractivity contribution is 0.971. The van der Waals surface area contributed by atoms with E-state index in [1.54, 1.807) is 0 Å². The number of benzene rings is 2. The van der Waals surface area contributed by atoms with Gasteiger partial charge in [-0.3, -0.25) is 4.98 Å². The van der Waals surface area contributed by atoms with Crippen molar-refractivity contribution >= 4 is 12.4 Å². The Bertz CT molecular complexity index is 529. The molecule has 0 spiro atoms. The minimum atomic E-state index is 0. The molecule has 0 radical (unpaired) electrons. The molecular formula is C18H16ClN. The molecule has 100 valence electrons. The lowest BCUT2D eigenvalue weighted by atomic mass is 9.86. The largest absolute Gasteiger partial charge is 0.265 e. The van der Waals surface area contributed by atoms with Gasteiger partial charge in [-0.05, 0) is 28.8 Å². The Morgan fingerprint density at radius 1 is 0.550 bits per heavy atom. The molecule has 20 heavy (non-hydrogen) atoms. The second-order valence-electron chi connectivity index (χ2n) is 4.53. The van der Waals surface area contributed by atoms with Crippen molar-refractivity contribution in [3.05, 3.63) is 102 Å². The van der Waals surface area contributed by atoms with E-state index in [9.17, 15) is 0 Å². The smallest absolute Gasteiger partial charge is 0.0341 e. The van der Waals surface area contributed by atoms with Crippen LogP contribution in [0.1, 0.15) is 22.6 Å². The number of aromatic nitrogens is 1. The van der Waals surface area contributed by atoms with Crippen molar-refractivity contribution in [2.75, 3.05) is 0 Å². The van der Waals surface area contributed by atoms with Gasteiger partial charge in [0.2, 0.25) is 0 Å². The number of nitrogens with zero attached hydrogens (tertiary/aromatic N) is 1. The van der Waals surface area contributed by atoms with Crippen molar-refractivity contribution in [1.82, 2.24) is 4.98 Å². The average molecular weight is 282 g/mol. The minimum absolute atomic E-state index is 0. The maximum Gasteiger partial charge on any atom is 0.0341 e. The van der Waals surface area contributed by atoms with Crippen LogP contribution in [0.2, 0.25) is 0 Å². The van der Waals surface area contributed by atoms with Gasteiger partial charge < -0.3 is 0 Å². The number of hydrogen-bond donors (Lipinski definition) is 0. The van der Waals surface area contributed by atoms with E-state index in [0.717, 1.165) is 0 Å². The summed E-state index contributed by atoms with van der Waals surface area (Å²) in [6.07, 6.45) is 3.71. The highest BCUT2D eigenvalue weighted by atomic mass is 35.5.